The molecule has 0 N–H and O–H groups in total. The maximum absolute atomic E-state index is 11.7. The van der Waals surface area contributed by atoms with Crippen LogP contribution in [0.5, 0.6) is 0 Å². The largest absolute Gasteiger partial charge is 0.352 e. The minimum Gasteiger partial charge on any atom is -0.352 e. The summed E-state index contributed by atoms with van der Waals surface area (Å²) in [6, 6.07) is 2.54. The van der Waals surface area contributed by atoms with Crippen molar-refractivity contribution in [3.8, 4) is 6.07 Å². The fraction of sp³-hybridized carbons (Fsp3) is 0.615. The highest BCUT2D eigenvalue weighted by Crippen LogP contribution is 2.28. The molecule has 0 aliphatic carbocycles. The lowest BCUT2D eigenvalue weighted by molar-refractivity contribution is -0.129. The second kappa shape index (κ2) is 4.26. The maximum Gasteiger partial charge on any atom is 0.223 e. The number of rotatable bonds is 1. The molecule has 0 aromatic carbocycles. The summed E-state index contributed by atoms with van der Waals surface area (Å²) in [5.74, 6) is 1.16. The Labute approximate surface area is 112 Å². The van der Waals surface area contributed by atoms with Crippen LogP contribution in [0.3, 0.4) is 0 Å². The van der Waals surface area contributed by atoms with Gasteiger partial charge in [-0.3, -0.25) is 9.48 Å². The van der Waals surface area contributed by atoms with Crippen LogP contribution in [0.1, 0.15) is 24.1 Å². The maximum atomic E-state index is 11.7. The van der Waals surface area contributed by atoms with E-state index >= 15 is 0 Å². The van der Waals surface area contributed by atoms with Crippen LogP contribution >= 0.6 is 0 Å². The second-order valence-electron chi connectivity index (χ2n) is 5.25. The van der Waals surface area contributed by atoms with Crippen LogP contribution in [-0.4, -0.2) is 46.3 Å². The van der Waals surface area contributed by atoms with Gasteiger partial charge in [0.25, 0.3) is 0 Å². The van der Waals surface area contributed by atoms with Gasteiger partial charge in [0, 0.05) is 39.1 Å². The summed E-state index contributed by atoms with van der Waals surface area (Å²) < 4.78 is 1.78. The van der Waals surface area contributed by atoms with Crippen LogP contribution in [0.2, 0.25) is 0 Å². The number of nitriles is 1. The molecule has 0 spiro atoms. The average molecular weight is 259 g/mol. The Morgan fingerprint density at radius 3 is 2.95 bits per heavy atom. The van der Waals surface area contributed by atoms with Crippen molar-refractivity contribution in [2.45, 2.75) is 25.8 Å². The Kier molecular flexibility index (Phi) is 2.70. The van der Waals surface area contributed by atoms with Gasteiger partial charge in [-0.1, -0.05) is 0 Å². The zero-order valence-corrected chi connectivity index (χ0v) is 11.3. The van der Waals surface area contributed by atoms with Crippen molar-refractivity contribution in [1.82, 2.24) is 14.7 Å². The van der Waals surface area contributed by atoms with E-state index in [2.05, 4.69) is 16.1 Å². The predicted molar refractivity (Wildman–Crippen MR) is 69.6 cm³/mol. The number of piperazine rings is 1. The third-order valence-electron chi connectivity index (χ3n) is 4.10. The number of carbonyl (C=O) groups is 1. The molecule has 2 saturated heterocycles. The first-order chi connectivity index (χ1) is 9.11. The number of aromatic nitrogens is 2. The van der Waals surface area contributed by atoms with E-state index < -0.39 is 0 Å². The van der Waals surface area contributed by atoms with Crippen molar-refractivity contribution in [2.24, 2.45) is 7.05 Å². The van der Waals surface area contributed by atoms with Crippen LogP contribution in [0.15, 0.2) is 0 Å². The Hall–Kier alpha value is -2.03. The molecule has 0 radical (unpaired) electrons. The van der Waals surface area contributed by atoms with E-state index in [0.717, 1.165) is 37.6 Å². The SMILES string of the molecule is Cc1nn(C)c(N2CCN3C(=O)CCC3C2)c1C#N. The van der Waals surface area contributed by atoms with E-state index in [1.165, 1.54) is 0 Å². The van der Waals surface area contributed by atoms with Crippen LogP contribution in [0, 0.1) is 18.3 Å². The fourth-order valence-electron chi connectivity index (χ4n) is 3.20. The molecule has 6 heteroatoms. The van der Waals surface area contributed by atoms with Crippen molar-refractivity contribution in [3.05, 3.63) is 11.3 Å². The molecule has 1 aromatic rings. The van der Waals surface area contributed by atoms with Gasteiger partial charge in [-0.15, -0.1) is 0 Å². The molecule has 6 nitrogen and oxygen atoms in total. The van der Waals surface area contributed by atoms with E-state index in [9.17, 15) is 10.1 Å². The third-order valence-corrected chi connectivity index (χ3v) is 4.10. The first kappa shape index (κ1) is 12.0. The van der Waals surface area contributed by atoms with Gasteiger partial charge in [-0.2, -0.15) is 10.4 Å². The van der Waals surface area contributed by atoms with Crippen molar-refractivity contribution >= 4 is 11.7 Å². The Bertz CT molecular complexity index is 570. The number of carbonyl (C=O) groups excluding carboxylic acids is 1. The smallest absolute Gasteiger partial charge is 0.223 e. The molecule has 1 amide bonds. The van der Waals surface area contributed by atoms with Gasteiger partial charge >= 0.3 is 0 Å². The molecule has 3 heterocycles. The van der Waals surface area contributed by atoms with Crippen LogP contribution in [0.4, 0.5) is 5.82 Å². The summed E-state index contributed by atoms with van der Waals surface area (Å²) in [7, 11) is 1.87. The highest BCUT2D eigenvalue weighted by Gasteiger charge is 2.36. The summed E-state index contributed by atoms with van der Waals surface area (Å²) in [5, 5.41) is 13.6. The van der Waals surface area contributed by atoms with Crippen molar-refractivity contribution in [1.29, 1.82) is 5.26 Å². The molecule has 0 saturated carbocycles. The highest BCUT2D eigenvalue weighted by atomic mass is 16.2. The predicted octanol–water partition coefficient (Wildman–Crippen LogP) is 0.411. The Morgan fingerprint density at radius 1 is 1.42 bits per heavy atom. The number of hydrogen-bond donors (Lipinski definition) is 0. The van der Waals surface area contributed by atoms with Gasteiger partial charge in [0.15, 0.2) is 0 Å². The molecule has 0 bridgehead atoms. The van der Waals surface area contributed by atoms with Crippen molar-refractivity contribution < 1.29 is 4.79 Å². The Balaban J connectivity index is 1.89. The summed E-state index contributed by atoms with van der Waals surface area (Å²) in [5.41, 5.74) is 1.42. The monoisotopic (exact) mass is 259 g/mol. The summed E-state index contributed by atoms with van der Waals surface area (Å²) >= 11 is 0. The zero-order valence-electron chi connectivity index (χ0n) is 11.3. The molecule has 1 unspecified atom stereocenters. The first-order valence-electron chi connectivity index (χ1n) is 6.60. The van der Waals surface area contributed by atoms with E-state index in [1.807, 2.05) is 18.9 Å². The average Bonchev–Trinajstić information content (AvgIpc) is 2.89. The minimum absolute atomic E-state index is 0.270. The molecule has 19 heavy (non-hydrogen) atoms. The molecule has 2 aliphatic heterocycles. The third kappa shape index (κ3) is 1.77. The minimum atomic E-state index is 0.270. The number of anilines is 1. The summed E-state index contributed by atoms with van der Waals surface area (Å²) in [6.45, 7) is 4.19. The van der Waals surface area contributed by atoms with Gasteiger partial charge < -0.3 is 9.80 Å². The summed E-state index contributed by atoms with van der Waals surface area (Å²) in [4.78, 5) is 15.9. The standard InChI is InChI=1S/C13H17N5O/c1-9-11(7-14)13(16(2)15-9)17-5-6-18-10(8-17)3-4-12(18)19/h10H,3-6,8H2,1-2H3. The quantitative estimate of drug-likeness (QED) is 0.733. The molecule has 1 atom stereocenters. The molecule has 100 valence electrons. The molecule has 3 rings (SSSR count). The number of nitrogens with zero attached hydrogens (tertiary/aromatic N) is 5. The number of aryl methyl sites for hydroxylation is 2. The van der Waals surface area contributed by atoms with E-state index in [1.54, 1.807) is 4.68 Å². The lowest BCUT2D eigenvalue weighted by Gasteiger charge is -2.38. The number of hydrogen-bond acceptors (Lipinski definition) is 4. The van der Waals surface area contributed by atoms with Gasteiger partial charge in [0.1, 0.15) is 17.5 Å². The topological polar surface area (TPSA) is 65.2 Å². The van der Waals surface area contributed by atoms with E-state index in [4.69, 9.17) is 0 Å². The van der Waals surface area contributed by atoms with Gasteiger partial charge in [0.2, 0.25) is 5.91 Å². The van der Waals surface area contributed by atoms with Crippen molar-refractivity contribution in [2.75, 3.05) is 24.5 Å². The Morgan fingerprint density at radius 2 is 2.21 bits per heavy atom. The molecular weight excluding hydrogens is 242 g/mol. The van der Waals surface area contributed by atoms with Crippen LogP contribution in [0.25, 0.3) is 0 Å². The molecule has 2 aliphatic rings. The lowest BCUT2D eigenvalue weighted by atomic mass is 10.1. The normalized spacial score (nSPS) is 22.6. The van der Waals surface area contributed by atoms with Crippen LogP contribution in [-0.2, 0) is 11.8 Å². The second-order valence-corrected chi connectivity index (χ2v) is 5.25. The molecule has 2 fully saturated rings. The fourth-order valence-corrected chi connectivity index (χ4v) is 3.20. The van der Waals surface area contributed by atoms with Gasteiger partial charge in [-0.25, -0.2) is 0 Å². The van der Waals surface area contributed by atoms with Crippen molar-refractivity contribution in [3.63, 3.8) is 0 Å². The zero-order chi connectivity index (χ0) is 13.6. The molecular formula is C13H17N5O. The van der Waals surface area contributed by atoms with Crippen LogP contribution < -0.4 is 4.90 Å². The van der Waals surface area contributed by atoms with Gasteiger partial charge in [0.05, 0.1) is 5.69 Å². The lowest BCUT2D eigenvalue weighted by Crippen LogP contribution is -2.52. The number of amides is 1. The number of fused-ring (bicyclic) bond motifs is 1. The van der Waals surface area contributed by atoms with E-state index in [-0.39, 0.29) is 5.91 Å². The van der Waals surface area contributed by atoms with Gasteiger partial charge in [-0.05, 0) is 13.3 Å². The van der Waals surface area contributed by atoms with E-state index in [0.29, 0.717) is 18.0 Å². The summed E-state index contributed by atoms with van der Waals surface area (Å²) in [6.07, 6.45) is 1.59. The highest BCUT2D eigenvalue weighted by molar-refractivity contribution is 5.79. The molecule has 1 aromatic heterocycles. The first-order valence-corrected chi connectivity index (χ1v) is 6.60.